The fourth-order valence-electron chi connectivity index (χ4n) is 1.23. The van der Waals surface area contributed by atoms with Gasteiger partial charge in [-0.05, 0) is 18.9 Å². The summed E-state index contributed by atoms with van der Waals surface area (Å²) in [6, 6.07) is 2.01. The highest BCUT2D eigenvalue weighted by Crippen LogP contribution is 2.11. The molecule has 0 N–H and O–H groups in total. The molecule has 2 aromatic rings. The van der Waals surface area contributed by atoms with Crippen LogP contribution in [0, 0.1) is 6.92 Å². The maximum absolute atomic E-state index is 4.38. The molecule has 0 atom stereocenters. The molecule has 0 amide bonds. The van der Waals surface area contributed by atoms with E-state index in [1.165, 1.54) is 0 Å². The van der Waals surface area contributed by atoms with Crippen LogP contribution >= 0.6 is 0 Å². The van der Waals surface area contributed by atoms with Crippen molar-refractivity contribution in [2.45, 2.75) is 26.7 Å². The molecule has 0 aliphatic heterocycles. The quantitative estimate of drug-likeness (QED) is 0.662. The van der Waals surface area contributed by atoms with Crippen LogP contribution in [0.4, 0.5) is 0 Å². The summed E-state index contributed by atoms with van der Waals surface area (Å²) in [6.45, 7) is 6.14. The van der Waals surface area contributed by atoms with Crippen LogP contribution in [-0.2, 0) is 0 Å². The zero-order chi connectivity index (χ0) is 9.42. The first kappa shape index (κ1) is 8.16. The summed E-state index contributed by atoms with van der Waals surface area (Å²) >= 11 is 0. The third kappa shape index (κ3) is 1.28. The van der Waals surface area contributed by atoms with E-state index in [0.717, 1.165) is 11.5 Å². The number of aromatic nitrogens is 4. The fraction of sp³-hybridized carbons (Fsp3) is 0.444. The molecule has 0 fully saturated rings. The second-order valence-electron chi connectivity index (χ2n) is 3.42. The molecule has 2 heterocycles. The molecule has 0 bridgehead atoms. The van der Waals surface area contributed by atoms with Crippen LogP contribution in [0.1, 0.15) is 31.3 Å². The van der Waals surface area contributed by atoms with Crippen molar-refractivity contribution in [1.82, 2.24) is 19.6 Å². The molecule has 4 heteroatoms. The molecule has 0 aromatic carbocycles. The first-order valence-corrected chi connectivity index (χ1v) is 4.37. The minimum atomic E-state index is 0.432. The van der Waals surface area contributed by atoms with Gasteiger partial charge in [-0.2, -0.15) is 0 Å². The number of fused-ring (bicyclic) bond motifs is 1. The van der Waals surface area contributed by atoms with Crippen LogP contribution in [0.5, 0.6) is 0 Å². The van der Waals surface area contributed by atoms with Gasteiger partial charge in [0.05, 0.1) is 0 Å². The van der Waals surface area contributed by atoms with Crippen LogP contribution in [0.2, 0.25) is 0 Å². The van der Waals surface area contributed by atoms with Crippen molar-refractivity contribution in [1.29, 1.82) is 0 Å². The van der Waals surface area contributed by atoms with Gasteiger partial charge >= 0.3 is 0 Å². The maximum atomic E-state index is 4.38. The molecule has 0 aliphatic rings. The predicted molar refractivity (Wildman–Crippen MR) is 49.6 cm³/mol. The van der Waals surface area contributed by atoms with E-state index in [0.29, 0.717) is 11.7 Å². The van der Waals surface area contributed by atoms with E-state index in [9.17, 15) is 0 Å². The lowest BCUT2D eigenvalue weighted by Crippen LogP contribution is -1.97. The number of nitrogens with zero attached hydrogens (tertiary/aromatic N) is 4. The minimum absolute atomic E-state index is 0.432. The standard InChI is InChI=1S/C9H12N4/c1-6(2)8-4-5-13-7(3)11-12-9(13)10-8/h4-6H,1-3H3. The van der Waals surface area contributed by atoms with Gasteiger partial charge in [-0.15, -0.1) is 10.2 Å². The number of hydrogen-bond donors (Lipinski definition) is 0. The Hall–Kier alpha value is -1.45. The summed E-state index contributed by atoms with van der Waals surface area (Å²) in [4.78, 5) is 4.38. The molecule has 0 saturated heterocycles. The Labute approximate surface area is 76.6 Å². The summed E-state index contributed by atoms with van der Waals surface area (Å²) < 4.78 is 1.88. The van der Waals surface area contributed by atoms with Crippen LogP contribution < -0.4 is 0 Å². The molecular formula is C9H12N4. The smallest absolute Gasteiger partial charge is 0.255 e. The third-order valence-electron chi connectivity index (χ3n) is 2.06. The van der Waals surface area contributed by atoms with Gasteiger partial charge < -0.3 is 0 Å². The van der Waals surface area contributed by atoms with Crippen molar-refractivity contribution >= 4 is 5.78 Å². The van der Waals surface area contributed by atoms with Gasteiger partial charge in [-0.25, -0.2) is 4.98 Å². The first-order valence-electron chi connectivity index (χ1n) is 4.37. The van der Waals surface area contributed by atoms with Crippen molar-refractivity contribution in [2.24, 2.45) is 0 Å². The van der Waals surface area contributed by atoms with Gasteiger partial charge in [0.25, 0.3) is 5.78 Å². The molecular weight excluding hydrogens is 164 g/mol. The summed E-state index contributed by atoms with van der Waals surface area (Å²) in [6.07, 6.45) is 1.97. The van der Waals surface area contributed by atoms with Crippen molar-refractivity contribution in [3.8, 4) is 0 Å². The molecule has 0 radical (unpaired) electrons. The second-order valence-corrected chi connectivity index (χ2v) is 3.42. The summed E-state index contributed by atoms with van der Waals surface area (Å²) in [5, 5.41) is 7.91. The average Bonchev–Trinajstić information content (AvgIpc) is 2.47. The first-order chi connectivity index (χ1) is 6.18. The Bertz CT molecular complexity index is 430. The van der Waals surface area contributed by atoms with E-state index in [-0.39, 0.29) is 0 Å². The highest BCUT2D eigenvalue weighted by molar-refractivity contribution is 5.29. The summed E-state index contributed by atoms with van der Waals surface area (Å²) in [5.41, 5.74) is 1.06. The van der Waals surface area contributed by atoms with Gasteiger partial charge in [-0.3, -0.25) is 4.40 Å². The molecule has 2 aromatic heterocycles. The van der Waals surface area contributed by atoms with E-state index in [1.54, 1.807) is 0 Å². The van der Waals surface area contributed by atoms with E-state index < -0.39 is 0 Å². The zero-order valence-corrected chi connectivity index (χ0v) is 8.02. The maximum Gasteiger partial charge on any atom is 0.255 e. The molecule has 68 valence electrons. The van der Waals surface area contributed by atoms with Crippen molar-refractivity contribution < 1.29 is 0 Å². The molecule has 4 nitrogen and oxygen atoms in total. The minimum Gasteiger partial charge on any atom is -0.271 e. The Morgan fingerprint density at radius 2 is 2.08 bits per heavy atom. The summed E-state index contributed by atoms with van der Waals surface area (Å²) in [7, 11) is 0. The third-order valence-corrected chi connectivity index (χ3v) is 2.06. The fourth-order valence-corrected chi connectivity index (χ4v) is 1.23. The molecule has 0 saturated carbocycles. The van der Waals surface area contributed by atoms with Gasteiger partial charge in [-0.1, -0.05) is 13.8 Å². The van der Waals surface area contributed by atoms with Crippen molar-refractivity contribution in [2.75, 3.05) is 0 Å². The van der Waals surface area contributed by atoms with Gasteiger partial charge in [0.1, 0.15) is 5.82 Å². The highest BCUT2D eigenvalue weighted by atomic mass is 15.3. The molecule has 13 heavy (non-hydrogen) atoms. The molecule has 0 aliphatic carbocycles. The van der Waals surface area contributed by atoms with E-state index in [4.69, 9.17) is 0 Å². The number of hydrogen-bond acceptors (Lipinski definition) is 3. The van der Waals surface area contributed by atoms with Crippen LogP contribution in [-0.4, -0.2) is 19.6 Å². The molecule has 2 rings (SSSR count). The Kier molecular flexibility index (Phi) is 1.76. The Morgan fingerprint density at radius 1 is 1.31 bits per heavy atom. The monoisotopic (exact) mass is 176 g/mol. The van der Waals surface area contributed by atoms with Crippen molar-refractivity contribution in [3.63, 3.8) is 0 Å². The van der Waals surface area contributed by atoms with Gasteiger partial charge in [0.2, 0.25) is 0 Å². The predicted octanol–water partition coefficient (Wildman–Crippen LogP) is 1.56. The average molecular weight is 176 g/mol. The zero-order valence-electron chi connectivity index (χ0n) is 8.02. The van der Waals surface area contributed by atoms with Gasteiger partial charge in [0, 0.05) is 11.9 Å². The van der Waals surface area contributed by atoms with E-state index in [1.807, 2.05) is 23.6 Å². The number of aryl methyl sites for hydroxylation is 1. The van der Waals surface area contributed by atoms with E-state index in [2.05, 4.69) is 29.0 Å². The second kappa shape index (κ2) is 2.80. The normalized spacial score (nSPS) is 11.4. The topological polar surface area (TPSA) is 43.1 Å². The van der Waals surface area contributed by atoms with Gasteiger partial charge in [0.15, 0.2) is 0 Å². The van der Waals surface area contributed by atoms with Crippen LogP contribution in [0.25, 0.3) is 5.78 Å². The lowest BCUT2D eigenvalue weighted by Gasteiger charge is -2.03. The Morgan fingerprint density at radius 3 is 2.77 bits per heavy atom. The SMILES string of the molecule is Cc1nnc2nc(C(C)C)ccn12. The summed E-state index contributed by atoms with van der Waals surface area (Å²) in [5.74, 6) is 1.99. The van der Waals surface area contributed by atoms with Crippen molar-refractivity contribution in [3.05, 3.63) is 23.8 Å². The number of rotatable bonds is 1. The molecule has 0 spiro atoms. The highest BCUT2D eigenvalue weighted by Gasteiger charge is 2.05. The molecule has 0 unspecified atom stereocenters. The largest absolute Gasteiger partial charge is 0.271 e. The Balaban J connectivity index is 2.63. The lowest BCUT2D eigenvalue weighted by molar-refractivity contribution is 0.815. The van der Waals surface area contributed by atoms with E-state index >= 15 is 0 Å². The van der Waals surface area contributed by atoms with Crippen LogP contribution in [0.15, 0.2) is 12.3 Å². The van der Waals surface area contributed by atoms with Crippen LogP contribution in [0.3, 0.4) is 0 Å². The lowest BCUT2D eigenvalue weighted by atomic mass is 10.1.